The highest BCUT2D eigenvalue weighted by atomic mass is 35.5. The molecule has 1 amide bonds. The average Bonchev–Trinajstić information content (AvgIpc) is 3.10. The highest BCUT2D eigenvalue weighted by Crippen LogP contribution is 2.41. The molecule has 2 saturated heterocycles. The first kappa shape index (κ1) is 20.7. The van der Waals surface area contributed by atoms with Crippen molar-refractivity contribution in [1.82, 2.24) is 0 Å². The lowest BCUT2D eigenvalue weighted by atomic mass is 10.1. The van der Waals surface area contributed by atoms with Crippen LogP contribution >= 0.6 is 35.0 Å². The van der Waals surface area contributed by atoms with Gasteiger partial charge in [-0.15, -0.1) is 0 Å². The van der Waals surface area contributed by atoms with E-state index in [1.54, 1.807) is 35.2 Å². The van der Waals surface area contributed by atoms with Gasteiger partial charge < -0.3 is 4.90 Å². The van der Waals surface area contributed by atoms with Crippen molar-refractivity contribution in [2.24, 2.45) is 4.99 Å². The van der Waals surface area contributed by atoms with Crippen LogP contribution in [0.4, 0.5) is 10.1 Å². The van der Waals surface area contributed by atoms with Crippen molar-refractivity contribution >= 4 is 61.6 Å². The number of hydrogen-bond acceptors (Lipinski definition) is 4. The highest BCUT2D eigenvalue weighted by Gasteiger charge is 2.49. The van der Waals surface area contributed by atoms with Gasteiger partial charge in [0.25, 0.3) is 5.91 Å². The molecular weight excluding hydrogens is 458 g/mol. The van der Waals surface area contributed by atoms with E-state index in [1.165, 1.54) is 23.9 Å². The molecule has 2 aromatic rings. The molecule has 2 fully saturated rings. The van der Waals surface area contributed by atoms with Crippen LogP contribution in [0.5, 0.6) is 0 Å². The topological polar surface area (TPSA) is 66.8 Å². The summed E-state index contributed by atoms with van der Waals surface area (Å²) in [5, 5.41) is 0.647. The zero-order valence-corrected chi connectivity index (χ0v) is 18.0. The van der Waals surface area contributed by atoms with E-state index in [1.807, 2.05) is 0 Å². The summed E-state index contributed by atoms with van der Waals surface area (Å²) >= 11 is 12.9. The van der Waals surface area contributed by atoms with Gasteiger partial charge >= 0.3 is 0 Å². The van der Waals surface area contributed by atoms with Crippen LogP contribution in [0.3, 0.4) is 0 Å². The van der Waals surface area contributed by atoms with Crippen molar-refractivity contribution in [1.29, 1.82) is 0 Å². The summed E-state index contributed by atoms with van der Waals surface area (Å²) in [5.41, 5.74) is 1.18. The van der Waals surface area contributed by atoms with Crippen molar-refractivity contribution < 1.29 is 17.6 Å². The Kier molecular flexibility index (Phi) is 5.63. The molecule has 2 aromatic carbocycles. The van der Waals surface area contributed by atoms with E-state index < -0.39 is 21.7 Å². The maximum absolute atomic E-state index is 14.0. The number of aliphatic imine (C=N–C) groups is 1. The Hall–Kier alpha value is -1.61. The Morgan fingerprint density at radius 1 is 1.17 bits per heavy atom. The van der Waals surface area contributed by atoms with Gasteiger partial charge in [0.05, 0.1) is 29.0 Å². The van der Waals surface area contributed by atoms with E-state index in [4.69, 9.17) is 23.2 Å². The lowest BCUT2D eigenvalue weighted by Gasteiger charge is -2.24. The minimum atomic E-state index is -3.20. The van der Waals surface area contributed by atoms with Crippen molar-refractivity contribution in [3.8, 4) is 0 Å². The number of anilines is 1. The molecule has 4 rings (SSSR count). The van der Waals surface area contributed by atoms with Crippen molar-refractivity contribution in [2.45, 2.75) is 17.7 Å². The number of carbonyl (C=O) groups is 1. The van der Waals surface area contributed by atoms with E-state index in [0.29, 0.717) is 15.9 Å². The van der Waals surface area contributed by atoms with Crippen LogP contribution < -0.4 is 4.90 Å². The van der Waals surface area contributed by atoms with Gasteiger partial charge in [-0.2, -0.15) is 4.99 Å². The van der Waals surface area contributed by atoms with E-state index in [-0.39, 0.29) is 34.1 Å². The highest BCUT2D eigenvalue weighted by molar-refractivity contribution is 8.16. The van der Waals surface area contributed by atoms with Gasteiger partial charge in [-0.25, -0.2) is 12.8 Å². The van der Waals surface area contributed by atoms with Crippen LogP contribution in [0, 0.1) is 5.82 Å². The zero-order chi connectivity index (χ0) is 20.8. The first-order valence-electron chi connectivity index (χ1n) is 8.69. The minimum Gasteiger partial charge on any atom is -0.315 e. The van der Waals surface area contributed by atoms with E-state index in [0.717, 1.165) is 5.56 Å². The Morgan fingerprint density at radius 2 is 1.90 bits per heavy atom. The SMILES string of the molecule is O=C(Cc1ccc(Cl)cc1)N=C1S[C@H]2CS(=O)(=O)C[C@@H]2N1c1ccc(Cl)c(F)c1. The standard InChI is InChI=1S/C19H15Cl2FN2O3S2/c20-12-3-1-11(2-4-12)7-18(25)23-19-24(13-5-6-14(21)15(22)8-13)16-9-29(26,27)10-17(16)28-19/h1-6,8,16-17H,7,9-10H2/t16-,17-/m0/s1. The van der Waals surface area contributed by atoms with E-state index in [2.05, 4.69) is 4.99 Å². The largest absolute Gasteiger partial charge is 0.315 e. The molecule has 0 aliphatic carbocycles. The third kappa shape index (κ3) is 4.45. The van der Waals surface area contributed by atoms with Gasteiger partial charge in [-0.05, 0) is 35.9 Å². The number of hydrogen-bond donors (Lipinski definition) is 0. The number of fused-ring (bicyclic) bond motifs is 1. The number of benzene rings is 2. The minimum absolute atomic E-state index is 0.000694. The Labute approximate surface area is 181 Å². The number of sulfone groups is 1. The van der Waals surface area contributed by atoms with Crippen LogP contribution in [0.15, 0.2) is 47.5 Å². The molecule has 10 heteroatoms. The van der Waals surface area contributed by atoms with Crippen LogP contribution in [0.2, 0.25) is 10.0 Å². The van der Waals surface area contributed by atoms with Gasteiger partial charge in [-0.1, -0.05) is 47.1 Å². The molecule has 2 atom stereocenters. The molecule has 0 bridgehead atoms. The van der Waals surface area contributed by atoms with Crippen molar-refractivity contribution in [3.63, 3.8) is 0 Å². The summed E-state index contributed by atoms with van der Waals surface area (Å²) in [7, 11) is -3.20. The summed E-state index contributed by atoms with van der Waals surface area (Å²) in [5.74, 6) is -1.07. The van der Waals surface area contributed by atoms with Gasteiger partial charge in [0.1, 0.15) is 5.82 Å². The summed E-state index contributed by atoms with van der Waals surface area (Å²) in [6.07, 6.45) is 0.0810. The fourth-order valence-corrected chi connectivity index (χ4v) is 7.60. The third-order valence-electron chi connectivity index (χ3n) is 4.74. The average molecular weight is 473 g/mol. The van der Waals surface area contributed by atoms with Crippen molar-refractivity contribution in [2.75, 3.05) is 16.4 Å². The summed E-state index contributed by atoms with van der Waals surface area (Å²) in [4.78, 5) is 18.4. The molecule has 0 unspecified atom stereocenters. The number of halogens is 3. The molecular formula is C19H15Cl2FN2O3S2. The fourth-order valence-electron chi connectivity index (χ4n) is 3.42. The van der Waals surface area contributed by atoms with Gasteiger partial charge in [0.2, 0.25) is 0 Å². The Morgan fingerprint density at radius 3 is 2.59 bits per heavy atom. The molecule has 29 heavy (non-hydrogen) atoms. The van der Waals surface area contributed by atoms with Crippen LogP contribution in [-0.4, -0.2) is 42.3 Å². The van der Waals surface area contributed by atoms with E-state index in [9.17, 15) is 17.6 Å². The lowest BCUT2D eigenvalue weighted by Crippen LogP contribution is -2.37. The zero-order valence-electron chi connectivity index (χ0n) is 14.9. The smallest absolute Gasteiger partial charge is 0.252 e. The lowest BCUT2D eigenvalue weighted by molar-refractivity contribution is -0.117. The second kappa shape index (κ2) is 7.91. The maximum Gasteiger partial charge on any atom is 0.252 e. The molecule has 2 heterocycles. The molecule has 5 nitrogen and oxygen atoms in total. The second-order valence-corrected chi connectivity index (χ2v) is 11.1. The number of carbonyl (C=O) groups excluding carboxylic acids is 1. The van der Waals surface area contributed by atoms with Gasteiger partial charge in [0.15, 0.2) is 15.0 Å². The number of rotatable bonds is 3. The third-order valence-corrected chi connectivity index (χ3v) is 8.51. The predicted octanol–water partition coefficient (Wildman–Crippen LogP) is 3.98. The number of amides is 1. The Bertz CT molecular complexity index is 1110. The monoisotopic (exact) mass is 472 g/mol. The quantitative estimate of drug-likeness (QED) is 0.675. The summed E-state index contributed by atoms with van der Waals surface area (Å²) in [6, 6.07) is 10.7. The molecule has 2 aliphatic heterocycles. The number of thioether (sulfide) groups is 1. The Balaban J connectivity index is 1.65. The molecule has 0 saturated carbocycles. The fraction of sp³-hybridized carbons (Fsp3) is 0.263. The van der Waals surface area contributed by atoms with Crippen LogP contribution in [0.1, 0.15) is 5.56 Å². The van der Waals surface area contributed by atoms with Crippen LogP contribution in [-0.2, 0) is 21.1 Å². The molecule has 0 radical (unpaired) electrons. The van der Waals surface area contributed by atoms with Crippen molar-refractivity contribution in [3.05, 3.63) is 63.9 Å². The molecule has 0 aromatic heterocycles. The van der Waals surface area contributed by atoms with E-state index >= 15 is 0 Å². The molecule has 2 aliphatic rings. The normalized spacial score (nSPS) is 24.1. The molecule has 152 valence electrons. The van der Waals surface area contributed by atoms with Gasteiger partial charge in [-0.3, -0.25) is 4.79 Å². The summed E-state index contributed by atoms with van der Waals surface area (Å²) in [6.45, 7) is 0. The first-order chi connectivity index (χ1) is 13.7. The number of amidine groups is 1. The predicted molar refractivity (Wildman–Crippen MR) is 115 cm³/mol. The molecule has 0 spiro atoms. The second-order valence-electron chi connectivity index (χ2n) is 6.86. The van der Waals surface area contributed by atoms with Gasteiger partial charge in [0, 0.05) is 16.0 Å². The molecule has 0 N–H and O–H groups in total. The first-order valence-corrected chi connectivity index (χ1v) is 12.1. The summed E-state index contributed by atoms with van der Waals surface area (Å²) < 4.78 is 38.2. The maximum atomic E-state index is 14.0. The number of nitrogens with zero attached hydrogens (tertiary/aromatic N) is 2. The van der Waals surface area contributed by atoms with Crippen LogP contribution in [0.25, 0.3) is 0 Å².